The van der Waals surface area contributed by atoms with Gasteiger partial charge in [-0.25, -0.2) is 4.39 Å². The lowest BCUT2D eigenvalue weighted by atomic mass is 10.1. The Morgan fingerprint density at radius 2 is 2.15 bits per heavy atom. The molecule has 4 heteroatoms. The van der Waals surface area contributed by atoms with Crippen LogP contribution in [0, 0.1) is 18.2 Å². The molecule has 0 saturated heterocycles. The minimum Gasteiger partial charge on any atom is -0.496 e. The average Bonchev–Trinajstić information content (AvgIpc) is 2.02. The molecule has 0 spiro atoms. The van der Waals surface area contributed by atoms with Crippen LogP contribution in [0.1, 0.15) is 11.1 Å². The highest BCUT2D eigenvalue weighted by molar-refractivity contribution is 5.98. The summed E-state index contributed by atoms with van der Waals surface area (Å²) in [7, 11) is 1.46. The van der Waals surface area contributed by atoms with E-state index in [1.807, 2.05) is 0 Å². The van der Waals surface area contributed by atoms with Gasteiger partial charge in [-0.3, -0.25) is 5.41 Å². The number of amidine groups is 1. The molecule has 1 rings (SSSR count). The van der Waals surface area contributed by atoms with E-state index in [-0.39, 0.29) is 5.84 Å². The topological polar surface area (TPSA) is 59.1 Å². The van der Waals surface area contributed by atoms with E-state index in [0.717, 1.165) is 0 Å². The predicted molar refractivity (Wildman–Crippen MR) is 48.7 cm³/mol. The number of nitrogens with two attached hydrogens (primary N) is 1. The van der Waals surface area contributed by atoms with E-state index < -0.39 is 5.82 Å². The molecule has 3 N–H and O–H groups in total. The summed E-state index contributed by atoms with van der Waals surface area (Å²) in [4.78, 5) is 0. The molecular weight excluding hydrogens is 171 g/mol. The third kappa shape index (κ3) is 1.77. The van der Waals surface area contributed by atoms with Crippen molar-refractivity contribution in [3.63, 3.8) is 0 Å². The Hall–Kier alpha value is -1.58. The van der Waals surface area contributed by atoms with E-state index in [1.54, 1.807) is 6.92 Å². The summed E-state index contributed by atoms with van der Waals surface area (Å²) in [6.07, 6.45) is 0. The highest BCUT2D eigenvalue weighted by atomic mass is 19.1. The summed E-state index contributed by atoms with van der Waals surface area (Å²) in [5, 5.41) is 7.20. The maximum Gasteiger partial charge on any atom is 0.132 e. The number of ether oxygens (including phenoxy) is 1. The summed E-state index contributed by atoms with van der Waals surface area (Å²) in [5.74, 6) is -0.156. The molecule has 70 valence electrons. The number of methoxy groups -OCH3 is 1. The first-order valence-corrected chi connectivity index (χ1v) is 3.74. The molecular formula is C9H11FN2O. The molecule has 13 heavy (non-hydrogen) atoms. The predicted octanol–water partition coefficient (Wildman–Crippen LogP) is 1.43. The lowest BCUT2D eigenvalue weighted by Gasteiger charge is -2.09. The molecule has 3 nitrogen and oxygen atoms in total. The Morgan fingerprint density at radius 3 is 2.62 bits per heavy atom. The van der Waals surface area contributed by atoms with E-state index in [4.69, 9.17) is 15.9 Å². The number of hydrogen-bond acceptors (Lipinski definition) is 2. The van der Waals surface area contributed by atoms with Crippen LogP contribution in [0.25, 0.3) is 0 Å². The molecule has 0 unspecified atom stereocenters. The molecule has 1 aromatic rings. The van der Waals surface area contributed by atoms with Crippen LogP contribution in [0.5, 0.6) is 5.75 Å². The Labute approximate surface area is 75.8 Å². The van der Waals surface area contributed by atoms with Crippen LogP contribution in [-0.4, -0.2) is 12.9 Å². The second kappa shape index (κ2) is 3.43. The van der Waals surface area contributed by atoms with E-state index in [9.17, 15) is 4.39 Å². The first kappa shape index (κ1) is 9.51. The minimum absolute atomic E-state index is 0.195. The Kier molecular flexibility index (Phi) is 2.51. The van der Waals surface area contributed by atoms with Gasteiger partial charge in [0.15, 0.2) is 0 Å². The summed E-state index contributed by atoms with van der Waals surface area (Å²) >= 11 is 0. The standard InChI is InChI=1S/C9H11FN2O/c1-5-3-6(10)4-7(9(11)12)8(5)13-2/h3-4H,1-2H3,(H3,11,12). The van der Waals surface area contributed by atoms with Gasteiger partial charge in [0.1, 0.15) is 17.4 Å². The zero-order valence-corrected chi connectivity index (χ0v) is 7.52. The molecule has 0 aliphatic rings. The fourth-order valence-corrected chi connectivity index (χ4v) is 1.20. The van der Waals surface area contributed by atoms with Crippen molar-refractivity contribution in [1.82, 2.24) is 0 Å². The average molecular weight is 182 g/mol. The summed E-state index contributed by atoms with van der Waals surface area (Å²) in [5.41, 5.74) is 6.19. The smallest absolute Gasteiger partial charge is 0.132 e. The maximum atomic E-state index is 12.9. The number of benzene rings is 1. The number of nitrogen functional groups attached to an aromatic ring is 1. The van der Waals surface area contributed by atoms with Crippen molar-refractivity contribution in [2.45, 2.75) is 6.92 Å². The molecule has 0 amide bonds. The van der Waals surface area contributed by atoms with Crippen molar-refractivity contribution in [3.05, 3.63) is 29.1 Å². The fourth-order valence-electron chi connectivity index (χ4n) is 1.20. The van der Waals surface area contributed by atoms with Crippen LogP contribution in [-0.2, 0) is 0 Å². The molecule has 0 radical (unpaired) electrons. The highest BCUT2D eigenvalue weighted by Crippen LogP contribution is 2.23. The van der Waals surface area contributed by atoms with Gasteiger partial charge in [-0.05, 0) is 24.6 Å². The molecule has 0 bridgehead atoms. The van der Waals surface area contributed by atoms with Gasteiger partial charge >= 0.3 is 0 Å². The van der Waals surface area contributed by atoms with Crippen molar-refractivity contribution in [2.75, 3.05) is 7.11 Å². The SMILES string of the molecule is COc1c(C)cc(F)cc1C(=N)N. The number of nitrogens with one attached hydrogen (secondary N) is 1. The molecule has 0 saturated carbocycles. The molecule has 0 fully saturated rings. The van der Waals surface area contributed by atoms with Gasteiger partial charge in [0.2, 0.25) is 0 Å². The number of halogens is 1. The lowest BCUT2D eigenvalue weighted by Crippen LogP contribution is -2.13. The molecule has 0 aromatic heterocycles. The summed E-state index contributed by atoms with van der Waals surface area (Å²) in [6.45, 7) is 1.70. The number of aryl methyl sites for hydroxylation is 1. The maximum absolute atomic E-state index is 12.9. The van der Waals surface area contributed by atoms with Crippen LogP contribution in [0.15, 0.2) is 12.1 Å². The second-order valence-electron chi connectivity index (χ2n) is 2.72. The number of hydrogen-bond donors (Lipinski definition) is 2. The van der Waals surface area contributed by atoms with E-state index in [2.05, 4.69) is 0 Å². The van der Waals surface area contributed by atoms with Crippen LogP contribution in [0.4, 0.5) is 4.39 Å². The Morgan fingerprint density at radius 1 is 1.54 bits per heavy atom. The quantitative estimate of drug-likeness (QED) is 0.537. The molecule has 1 aromatic carbocycles. The fraction of sp³-hybridized carbons (Fsp3) is 0.222. The lowest BCUT2D eigenvalue weighted by molar-refractivity contribution is 0.409. The Balaban J connectivity index is 3.38. The molecule has 0 atom stereocenters. The van der Waals surface area contributed by atoms with E-state index in [1.165, 1.54) is 19.2 Å². The molecule has 0 aliphatic heterocycles. The molecule has 0 aliphatic carbocycles. The van der Waals surface area contributed by atoms with Gasteiger partial charge in [-0.2, -0.15) is 0 Å². The van der Waals surface area contributed by atoms with E-state index >= 15 is 0 Å². The van der Waals surface area contributed by atoms with Gasteiger partial charge in [0.05, 0.1) is 12.7 Å². The third-order valence-electron chi connectivity index (χ3n) is 1.73. The first-order valence-electron chi connectivity index (χ1n) is 3.74. The van der Waals surface area contributed by atoms with Crippen LogP contribution in [0.2, 0.25) is 0 Å². The first-order chi connectivity index (χ1) is 6.06. The summed E-state index contributed by atoms with van der Waals surface area (Å²) in [6, 6.07) is 2.53. The van der Waals surface area contributed by atoms with Gasteiger partial charge in [0, 0.05) is 0 Å². The largest absolute Gasteiger partial charge is 0.496 e. The van der Waals surface area contributed by atoms with Gasteiger partial charge < -0.3 is 10.5 Å². The monoisotopic (exact) mass is 182 g/mol. The van der Waals surface area contributed by atoms with Crippen molar-refractivity contribution in [3.8, 4) is 5.75 Å². The second-order valence-corrected chi connectivity index (χ2v) is 2.72. The van der Waals surface area contributed by atoms with Crippen LogP contribution in [0.3, 0.4) is 0 Å². The van der Waals surface area contributed by atoms with Crippen molar-refractivity contribution in [2.24, 2.45) is 5.73 Å². The highest BCUT2D eigenvalue weighted by Gasteiger charge is 2.10. The van der Waals surface area contributed by atoms with Crippen molar-refractivity contribution in [1.29, 1.82) is 5.41 Å². The number of rotatable bonds is 2. The summed E-state index contributed by atoms with van der Waals surface area (Å²) < 4.78 is 17.9. The van der Waals surface area contributed by atoms with Gasteiger partial charge in [-0.15, -0.1) is 0 Å². The zero-order chi connectivity index (χ0) is 10.0. The third-order valence-corrected chi connectivity index (χ3v) is 1.73. The van der Waals surface area contributed by atoms with Gasteiger partial charge in [0.25, 0.3) is 0 Å². The van der Waals surface area contributed by atoms with E-state index in [0.29, 0.717) is 16.9 Å². The molecule has 0 heterocycles. The minimum atomic E-state index is -0.413. The van der Waals surface area contributed by atoms with Crippen molar-refractivity contribution >= 4 is 5.84 Å². The van der Waals surface area contributed by atoms with Crippen LogP contribution >= 0.6 is 0 Å². The van der Waals surface area contributed by atoms with Gasteiger partial charge in [-0.1, -0.05) is 0 Å². The normalized spacial score (nSPS) is 9.77. The Bertz CT molecular complexity index is 350. The zero-order valence-electron chi connectivity index (χ0n) is 7.52. The van der Waals surface area contributed by atoms with Crippen LogP contribution < -0.4 is 10.5 Å². The van der Waals surface area contributed by atoms with Crippen molar-refractivity contribution < 1.29 is 9.13 Å².